The van der Waals surface area contributed by atoms with Crippen molar-refractivity contribution in [2.45, 2.75) is 0 Å². The lowest BCUT2D eigenvalue weighted by atomic mass is 10.2. The van der Waals surface area contributed by atoms with Crippen molar-refractivity contribution in [2.75, 3.05) is 33.3 Å². The van der Waals surface area contributed by atoms with Crippen molar-refractivity contribution >= 4 is 12.0 Å². The Kier molecular flexibility index (Phi) is 4.41. The van der Waals surface area contributed by atoms with Gasteiger partial charge >= 0.3 is 0 Å². The highest BCUT2D eigenvalue weighted by Crippen LogP contribution is 2.26. The standard InChI is InChI=1S/C14H18N2O3/c1-19-13-4-2-11(10-12(13)17)3-5-14(18)16-8-6-15-7-9-16/h2-5,10,15,17H,6-9H2,1H3/b5-3+. The van der Waals surface area contributed by atoms with E-state index < -0.39 is 0 Å². The molecule has 1 aromatic carbocycles. The zero-order valence-electron chi connectivity index (χ0n) is 10.9. The Morgan fingerprint density at radius 2 is 2.16 bits per heavy atom. The molecule has 19 heavy (non-hydrogen) atoms. The second-order valence-corrected chi connectivity index (χ2v) is 4.34. The Morgan fingerprint density at radius 3 is 2.79 bits per heavy atom. The zero-order valence-corrected chi connectivity index (χ0v) is 10.9. The first-order chi connectivity index (χ1) is 9.20. The summed E-state index contributed by atoms with van der Waals surface area (Å²) in [6, 6.07) is 5.03. The van der Waals surface area contributed by atoms with Crippen LogP contribution in [0.3, 0.4) is 0 Å². The van der Waals surface area contributed by atoms with Crippen LogP contribution in [0.5, 0.6) is 11.5 Å². The number of phenols is 1. The molecule has 0 saturated carbocycles. The first kappa shape index (κ1) is 13.4. The number of benzene rings is 1. The van der Waals surface area contributed by atoms with Gasteiger partial charge in [0.15, 0.2) is 11.5 Å². The summed E-state index contributed by atoms with van der Waals surface area (Å²) in [7, 11) is 1.50. The summed E-state index contributed by atoms with van der Waals surface area (Å²) >= 11 is 0. The van der Waals surface area contributed by atoms with Crippen molar-refractivity contribution in [3.05, 3.63) is 29.8 Å². The summed E-state index contributed by atoms with van der Waals surface area (Å²) in [5.41, 5.74) is 0.766. The van der Waals surface area contributed by atoms with Crippen LogP contribution in [-0.4, -0.2) is 49.2 Å². The third-order valence-corrected chi connectivity index (χ3v) is 3.05. The van der Waals surface area contributed by atoms with E-state index in [-0.39, 0.29) is 11.7 Å². The molecule has 1 aromatic rings. The van der Waals surface area contributed by atoms with Gasteiger partial charge < -0.3 is 20.1 Å². The van der Waals surface area contributed by atoms with Gasteiger partial charge in [0, 0.05) is 32.3 Å². The van der Waals surface area contributed by atoms with E-state index in [1.807, 2.05) is 0 Å². The van der Waals surface area contributed by atoms with Crippen LogP contribution in [0, 0.1) is 0 Å². The number of carbonyl (C=O) groups is 1. The molecule has 1 fully saturated rings. The number of hydrogen-bond donors (Lipinski definition) is 2. The van der Waals surface area contributed by atoms with E-state index in [0.717, 1.165) is 31.7 Å². The molecule has 102 valence electrons. The molecule has 0 radical (unpaired) electrons. The fourth-order valence-electron chi connectivity index (χ4n) is 1.97. The lowest BCUT2D eigenvalue weighted by Crippen LogP contribution is -2.45. The van der Waals surface area contributed by atoms with E-state index in [9.17, 15) is 9.90 Å². The highest BCUT2D eigenvalue weighted by Gasteiger charge is 2.13. The maximum atomic E-state index is 11.9. The monoisotopic (exact) mass is 262 g/mol. The van der Waals surface area contributed by atoms with Gasteiger partial charge in [0.05, 0.1) is 7.11 Å². The average Bonchev–Trinajstić information content (AvgIpc) is 2.46. The second kappa shape index (κ2) is 6.24. The Morgan fingerprint density at radius 1 is 1.42 bits per heavy atom. The number of ether oxygens (including phenoxy) is 1. The maximum absolute atomic E-state index is 11.9. The van der Waals surface area contributed by atoms with Gasteiger partial charge in [0.25, 0.3) is 0 Å². The minimum atomic E-state index is -0.00296. The molecule has 1 aliphatic rings. The molecule has 1 aliphatic heterocycles. The number of methoxy groups -OCH3 is 1. The van der Waals surface area contributed by atoms with E-state index in [1.165, 1.54) is 13.2 Å². The topological polar surface area (TPSA) is 61.8 Å². The molecular formula is C14H18N2O3. The molecular weight excluding hydrogens is 244 g/mol. The van der Waals surface area contributed by atoms with Gasteiger partial charge in [0.1, 0.15) is 0 Å². The number of carbonyl (C=O) groups excluding carboxylic acids is 1. The fraction of sp³-hybridized carbons (Fsp3) is 0.357. The zero-order chi connectivity index (χ0) is 13.7. The summed E-state index contributed by atoms with van der Waals surface area (Å²) in [6.07, 6.45) is 3.23. The van der Waals surface area contributed by atoms with Crippen LogP contribution in [0.1, 0.15) is 5.56 Å². The smallest absolute Gasteiger partial charge is 0.246 e. The molecule has 0 unspecified atom stereocenters. The van der Waals surface area contributed by atoms with Crippen LogP contribution in [0.4, 0.5) is 0 Å². The lowest BCUT2D eigenvalue weighted by Gasteiger charge is -2.26. The Balaban J connectivity index is 2.01. The summed E-state index contributed by atoms with van der Waals surface area (Å²) < 4.78 is 4.96. The Labute approximate surface area is 112 Å². The number of rotatable bonds is 3. The van der Waals surface area contributed by atoms with Crippen molar-refractivity contribution in [2.24, 2.45) is 0 Å². The molecule has 0 spiro atoms. The number of nitrogens with zero attached hydrogens (tertiary/aromatic N) is 1. The average molecular weight is 262 g/mol. The predicted molar refractivity (Wildman–Crippen MR) is 73.1 cm³/mol. The number of piperazine rings is 1. The van der Waals surface area contributed by atoms with Gasteiger partial charge in [0.2, 0.25) is 5.91 Å². The van der Waals surface area contributed by atoms with Crippen LogP contribution >= 0.6 is 0 Å². The van der Waals surface area contributed by atoms with Gasteiger partial charge in [-0.2, -0.15) is 0 Å². The van der Waals surface area contributed by atoms with Gasteiger partial charge in [-0.3, -0.25) is 4.79 Å². The maximum Gasteiger partial charge on any atom is 0.246 e. The van der Waals surface area contributed by atoms with Gasteiger partial charge in [-0.25, -0.2) is 0 Å². The molecule has 0 aromatic heterocycles. The summed E-state index contributed by atoms with van der Waals surface area (Å²) in [5, 5.41) is 12.8. The van der Waals surface area contributed by atoms with E-state index in [0.29, 0.717) is 5.75 Å². The molecule has 0 aliphatic carbocycles. The number of phenolic OH excluding ortho intramolecular Hbond substituents is 1. The van der Waals surface area contributed by atoms with E-state index >= 15 is 0 Å². The number of hydrogen-bond acceptors (Lipinski definition) is 4. The predicted octanol–water partition coefficient (Wildman–Crippen LogP) is 0.846. The van der Waals surface area contributed by atoms with E-state index in [4.69, 9.17) is 4.74 Å². The van der Waals surface area contributed by atoms with Crippen LogP contribution < -0.4 is 10.1 Å². The minimum Gasteiger partial charge on any atom is -0.504 e. The highest BCUT2D eigenvalue weighted by atomic mass is 16.5. The molecule has 0 bridgehead atoms. The lowest BCUT2D eigenvalue weighted by molar-refractivity contribution is -0.126. The second-order valence-electron chi connectivity index (χ2n) is 4.34. The highest BCUT2D eigenvalue weighted by molar-refractivity contribution is 5.91. The Hall–Kier alpha value is -2.01. The quantitative estimate of drug-likeness (QED) is 0.793. The molecule has 5 nitrogen and oxygen atoms in total. The molecule has 1 heterocycles. The fourth-order valence-corrected chi connectivity index (χ4v) is 1.97. The van der Waals surface area contributed by atoms with Gasteiger partial charge in [-0.15, -0.1) is 0 Å². The summed E-state index contributed by atoms with van der Waals surface area (Å²) in [4.78, 5) is 13.7. The van der Waals surface area contributed by atoms with E-state index in [1.54, 1.807) is 29.2 Å². The summed E-state index contributed by atoms with van der Waals surface area (Å²) in [5.74, 6) is 0.488. The van der Waals surface area contributed by atoms with Gasteiger partial charge in [-0.05, 0) is 23.8 Å². The van der Waals surface area contributed by atoms with Gasteiger partial charge in [-0.1, -0.05) is 6.07 Å². The van der Waals surface area contributed by atoms with E-state index in [2.05, 4.69) is 5.32 Å². The van der Waals surface area contributed by atoms with Crippen LogP contribution in [0.2, 0.25) is 0 Å². The first-order valence-electron chi connectivity index (χ1n) is 6.25. The molecule has 1 amide bonds. The van der Waals surface area contributed by atoms with Crippen molar-refractivity contribution < 1.29 is 14.6 Å². The molecule has 1 saturated heterocycles. The molecule has 2 N–H and O–H groups in total. The first-order valence-corrected chi connectivity index (χ1v) is 6.25. The largest absolute Gasteiger partial charge is 0.504 e. The number of aromatic hydroxyl groups is 1. The van der Waals surface area contributed by atoms with Crippen LogP contribution in [0.25, 0.3) is 6.08 Å². The SMILES string of the molecule is COc1ccc(/C=C/C(=O)N2CCNCC2)cc1O. The third-order valence-electron chi connectivity index (χ3n) is 3.05. The minimum absolute atomic E-state index is 0.00296. The number of amides is 1. The third kappa shape index (κ3) is 3.48. The van der Waals surface area contributed by atoms with Crippen molar-refractivity contribution in [3.63, 3.8) is 0 Å². The molecule has 5 heteroatoms. The van der Waals surface area contributed by atoms with Crippen molar-refractivity contribution in [1.82, 2.24) is 10.2 Å². The van der Waals surface area contributed by atoms with Crippen molar-refractivity contribution in [1.29, 1.82) is 0 Å². The molecule has 2 rings (SSSR count). The van der Waals surface area contributed by atoms with Crippen LogP contribution in [-0.2, 0) is 4.79 Å². The normalized spacial score (nSPS) is 15.7. The van der Waals surface area contributed by atoms with Crippen molar-refractivity contribution in [3.8, 4) is 11.5 Å². The Bertz CT molecular complexity index is 480. The number of nitrogens with one attached hydrogen (secondary N) is 1. The summed E-state index contributed by atoms with van der Waals surface area (Å²) in [6.45, 7) is 3.14. The van der Waals surface area contributed by atoms with Crippen LogP contribution in [0.15, 0.2) is 24.3 Å². The molecule has 0 atom stereocenters.